The molecule has 3 aliphatic rings. The van der Waals surface area contributed by atoms with Crippen LogP contribution in [0, 0.1) is 11.3 Å². The zero-order chi connectivity index (χ0) is 37.5. The molecule has 2 saturated carbocycles. The average Bonchev–Trinajstić information content (AvgIpc) is 3.28. The van der Waals surface area contributed by atoms with E-state index in [2.05, 4.69) is 0 Å². The monoisotopic (exact) mass is 714 g/mol. The van der Waals surface area contributed by atoms with Crippen LogP contribution >= 0.6 is 0 Å². The van der Waals surface area contributed by atoms with Gasteiger partial charge in [0.15, 0.2) is 11.7 Å². The first-order chi connectivity index (χ1) is 24.6. The summed E-state index contributed by atoms with van der Waals surface area (Å²) in [7, 11) is 0. The minimum absolute atomic E-state index is 0.0542. The quantitative estimate of drug-likeness (QED) is 0.237. The number of hydrogen-bond acceptors (Lipinski definition) is 12. The van der Waals surface area contributed by atoms with E-state index in [1.54, 1.807) is 92.7 Å². The van der Waals surface area contributed by atoms with E-state index in [4.69, 9.17) is 28.4 Å². The molecular formula is C40H42O12. The molecule has 12 heteroatoms. The van der Waals surface area contributed by atoms with E-state index in [0.29, 0.717) is 0 Å². The molecule has 1 spiro atoms. The molecule has 3 aromatic carbocycles. The molecule has 2 aliphatic carbocycles. The number of hydrogen-bond donors (Lipinski definition) is 1. The first-order valence-electron chi connectivity index (χ1n) is 17.1. The van der Waals surface area contributed by atoms with Crippen molar-refractivity contribution < 1.29 is 57.5 Å². The fraction of sp³-hybridized carbons (Fsp3) is 0.425. The summed E-state index contributed by atoms with van der Waals surface area (Å²) >= 11 is 0. The Morgan fingerprint density at radius 3 is 1.63 bits per heavy atom. The van der Waals surface area contributed by atoms with Crippen LogP contribution in [-0.4, -0.2) is 82.8 Å². The van der Waals surface area contributed by atoms with Gasteiger partial charge in [0, 0.05) is 26.2 Å². The van der Waals surface area contributed by atoms with Gasteiger partial charge in [0.25, 0.3) is 0 Å². The molecule has 52 heavy (non-hydrogen) atoms. The SMILES string of the molecule is CC(=O)OC[C@]12[C@H](OC(=O)c3ccccc3)C[C@@H]3[C@@H](OC(C)=O)[C@]1(OC3(C)C)[C@@](C)(O)C[C@H](OC(=O)c1ccccc1)[C@@H]2OC(=O)c1ccccc1. The second-order valence-electron chi connectivity index (χ2n) is 14.4. The first-order valence-corrected chi connectivity index (χ1v) is 17.1. The zero-order valence-electron chi connectivity index (χ0n) is 29.6. The summed E-state index contributed by atoms with van der Waals surface area (Å²) in [5, 5.41) is 12.9. The lowest BCUT2D eigenvalue weighted by Gasteiger charge is -2.65. The van der Waals surface area contributed by atoms with Gasteiger partial charge in [0.05, 0.1) is 27.9 Å². The first kappa shape index (κ1) is 36.7. The molecule has 12 nitrogen and oxygen atoms in total. The molecule has 3 fully saturated rings. The van der Waals surface area contributed by atoms with Crippen molar-refractivity contribution in [3.8, 4) is 0 Å². The fourth-order valence-corrected chi connectivity index (χ4v) is 8.53. The van der Waals surface area contributed by atoms with Crippen molar-refractivity contribution in [1.82, 2.24) is 0 Å². The van der Waals surface area contributed by atoms with Crippen molar-refractivity contribution in [2.24, 2.45) is 11.3 Å². The Balaban J connectivity index is 1.62. The van der Waals surface area contributed by atoms with Crippen molar-refractivity contribution in [2.45, 2.75) is 88.7 Å². The molecular weight excluding hydrogens is 672 g/mol. The third-order valence-electron chi connectivity index (χ3n) is 10.6. The van der Waals surface area contributed by atoms with Crippen LogP contribution in [0.2, 0.25) is 0 Å². The summed E-state index contributed by atoms with van der Waals surface area (Å²) < 4.78 is 37.7. The number of carbonyl (C=O) groups excluding carboxylic acids is 5. The molecule has 1 aliphatic heterocycles. The van der Waals surface area contributed by atoms with Gasteiger partial charge in [0.1, 0.15) is 30.3 Å². The van der Waals surface area contributed by atoms with E-state index in [0.717, 1.165) is 0 Å². The Kier molecular flexibility index (Phi) is 9.75. The van der Waals surface area contributed by atoms with E-state index in [-0.39, 0.29) is 29.5 Å². The van der Waals surface area contributed by atoms with Crippen molar-refractivity contribution >= 4 is 29.8 Å². The summed E-state index contributed by atoms with van der Waals surface area (Å²) in [5.41, 5.74) is -6.85. The second kappa shape index (κ2) is 13.8. The van der Waals surface area contributed by atoms with Crippen LogP contribution in [0.3, 0.4) is 0 Å². The van der Waals surface area contributed by atoms with Crippen LogP contribution in [-0.2, 0) is 38.0 Å². The van der Waals surface area contributed by atoms with E-state index in [9.17, 15) is 29.1 Å². The van der Waals surface area contributed by atoms with Crippen LogP contribution in [0.4, 0.5) is 0 Å². The Labute approximate surface area is 301 Å². The molecule has 1 saturated heterocycles. The lowest BCUT2D eigenvalue weighted by molar-refractivity contribution is -0.353. The summed E-state index contributed by atoms with van der Waals surface area (Å²) in [6.07, 6.45) is -6.07. The molecule has 2 bridgehead atoms. The van der Waals surface area contributed by atoms with Crippen molar-refractivity contribution in [3.05, 3.63) is 108 Å². The van der Waals surface area contributed by atoms with Gasteiger partial charge >= 0.3 is 29.8 Å². The average molecular weight is 715 g/mol. The van der Waals surface area contributed by atoms with E-state index in [1.165, 1.54) is 32.9 Å². The Bertz CT molecular complexity index is 1820. The zero-order valence-corrected chi connectivity index (χ0v) is 29.6. The van der Waals surface area contributed by atoms with Crippen molar-refractivity contribution in [2.75, 3.05) is 6.61 Å². The van der Waals surface area contributed by atoms with Gasteiger partial charge in [-0.15, -0.1) is 0 Å². The molecule has 8 atom stereocenters. The number of benzene rings is 3. The smallest absolute Gasteiger partial charge is 0.338 e. The Hall–Kier alpha value is -5.07. The van der Waals surface area contributed by atoms with Gasteiger partial charge in [0.2, 0.25) is 0 Å². The van der Waals surface area contributed by atoms with Crippen LogP contribution in [0.15, 0.2) is 91.0 Å². The largest absolute Gasteiger partial charge is 0.465 e. The van der Waals surface area contributed by atoms with E-state index in [1.807, 2.05) is 0 Å². The Morgan fingerprint density at radius 2 is 1.15 bits per heavy atom. The highest BCUT2D eigenvalue weighted by atomic mass is 16.6. The van der Waals surface area contributed by atoms with Gasteiger partial charge in [-0.1, -0.05) is 54.6 Å². The number of ether oxygens (including phenoxy) is 6. The van der Waals surface area contributed by atoms with Gasteiger partial charge in [-0.3, -0.25) is 9.59 Å². The van der Waals surface area contributed by atoms with Crippen LogP contribution in [0.1, 0.15) is 78.5 Å². The van der Waals surface area contributed by atoms with Crippen molar-refractivity contribution in [1.29, 1.82) is 0 Å². The molecule has 0 amide bonds. The van der Waals surface area contributed by atoms with Gasteiger partial charge < -0.3 is 33.5 Å². The summed E-state index contributed by atoms with van der Waals surface area (Å²) in [6.45, 7) is 6.66. The van der Waals surface area contributed by atoms with Crippen LogP contribution in [0.5, 0.6) is 0 Å². The second-order valence-corrected chi connectivity index (χ2v) is 14.4. The van der Waals surface area contributed by atoms with Gasteiger partial charge in [-0.2, -0.15) is 0 Å². The summed E-state index contributed by atoms with van der Waals surface area (Å²) in [6, 6.07) is 24.3. The molecule has 3 aromatic rings. The highest BCUT2D eigenvalue weighted by Gasteiger charge is 2.86. The maximum Gasteiger partial charge on any atom is 0.338 e. The molecule has 274 valence electrons. The molecule has 0 unspecified atom stereocenters. The van der Waals surface area contributed by atoms with Gasteiger partial charge in [-0.25, -0.2) is 14.4 Å². The van der Waals surface area contributed by atoms with Crippen LogP contribution < -0.4 is 0 Å². The lowest BCUT2D eigenvalue weighted by atomic mass is 9.46. The highest BCUT2D eigenvalue weighted by Crippen LogP contribution is 2.69. The van der Waals surface area contributed by atoms with E-state index >= 15 is 0 Å². The maximum absolute atomic E-state index is 14.1. The highest BCUT2D eigenvalue weighted by molar-refractivity contribution is 5.91. The minimum atomic E-state index is -2.08. The van der Waals surface area contributed by atoms with Crippen LogP contribution in [0.25, 0.3) is 0 Å². The lowest BCUT2D eigenvalue weighted by Crippen LogP contribution is -2.83. The number of fused-ring (bicyclic) bond motifs is 1. The third kappa shape index (κ3) is 6.23. The molecule has 1 N–H and O–H groups in total. The number of rotatable bonds is 9. The number of aliphatic hydroxyl groups is 1. The standard InChI is InChI=1S/C40H42O12/c1-24(41)47-23-39-31(50-35(44)27-17-11-7-12-18-27)21-29-32(48-25(2)42)40(39,52-37(29,3)4)38(5,46)22-30(49-34(43)26-15-9-6-10-16-26)33(39)51-36(45)28-19-13-8-14-20-28/h6-20,29-33,46H,21-23H2,1-5H3/t29-,30+,31-,32-,33+,38+,39-,40+/m1/s1. The predicted octanol–water partition coefficient (Wildman–Crippen LogP) is 4.87. The summed E-state index contributed by atoms with van der Waals surface area (Å²) in [4.78, 5) is 67.4. The predicted molar refractivity (Wildman–Crippen MR) is 183 cm³/mol. The molecule has 0 radical (unpaired) electrons. The maximum atomic E-state index is 14.1. The summed E-state index contributed by atoms with van der Waals surface area (Å²) in [5.74, 6) is -4.53. The third-order valence-corrected chi connectivity index (χ3v) is 10.6. The minimum Gasteiger partial charge on any atom is -0.465 e. The number of carbonyl (C=O) groups is 5. The van der Waals surface area contributed by atoms with Crippen molar-refractivity contribution in [3.63, 3.8) is 0 Å². The molecule has 0 aromatic heterocycles. The topological polar surface area (TPSA) is 161 Å². The fourth-order valence-electron chi connectivity index (χ4n) is 8.53. The normalized spacial score (nSPS) is 31.3. The number of esters is 5. The van der Waals surface area contributed by atoms with Gasteiger partial charge in [-0.05, 0) is 63.6 Å². The molecule has 1 heterocycles. The Morgan fingerprint density at radius 1 is 0.673 bits per heavy atom. The molecule has 6 rings (SSSR count). The van der Waals surface area contributed by atoms with E-state index < -0.39 is 89.0 Å².